The molecule has 146 valence electrons. The van der Waals surface area contributed by atoms with Gasteiger partial charge in [0.25, 0.3) is 12.3 Å². The van der Waals surface area contributed by atoms with E-state index in [4.69, 9.17) is 16.2 Å². The molecule has 1 amide bonds. The Morgan fingerprint density at radius 2 is 1.88 bits per heavy atom. The normalized spacial score (nSPS) is 20.8. The van der Waals surface area contributed by atoms with Crippen molar-refractivity contribution in [2.24, 2.45) is 5.92 Å². The lowest BCUT2D eigenvalue weighted by Gasteiger charge is -2.30. The van der Waals surface area contributed by atoms with Crippen LogP contribution in [-0.4, -0.2) is 36.1 Å². The van der Waals surface area contributed by atoms with E-state index in [0.717, 1.165) is 6.20 Å². The molecule has 0 radical (unpaired) electrons. The largest absolute Gasteiger partial charge is 0.471 e. The number of halogens is 5. The number of hydrogen-bond donors (Lipinski definition) is 3. The van der Waals surface area contributed by atoms with Gasteiger partial charge in [0.15, 0.2) is 6.61 Å². The Kier molecular flexibility index (Phi) is 6.09. The van der Waals surface area contributed by atoms with Crippen LogP contribution in [0.4, 0.5) is 33.3 Å². The van der Waals surface area contributed by atoms with Crippen LogP contribution in [0, 0.1) is 5.92 Å². The highest BCUT2D eigenvalue weighted by molar-refractivity contribution is 6.03. The molecule has 1 fully saturated rings. The molecule has 1 saturated carbocycles. The Labute approximate surface area is 146 Å². The first-order valence-corrected chi connectivity index (χ1v) is 7.92. The average Bonchev–Trinajstić information content (AvgIpc) is 2.55. The van der Waals surface area contributed by atoms with Gasteiger partial charge in [-0.1, -0.05) is 0 Å². The van der Waals surface area contributed by atoms with Crippen LogP contribution in [0.3, 0.4) is 0 Å². The van der Waals surface area contributed by atoms with Crippen molar-refractivity contribution in [1.82, 2.24) is 10.3 Å². The fourth-order valence-electron chi connectivity index (χ4n) is 2.82. The van der Waals surface area contributed by atoms with Crippen LogP contribution in [0.5, 0.6) is 5.88 Å². The molecule has 1 heterocycles. The maximum absolute atomic E-state index is 12.7. The number of carbonyl (C=O) groups excluding carboxylic acids is 1. The summed E-state index contributed by atoms with van der Waals surface area (Å²) in [4.78, 5) is 16.2. The molecule has 1 aromatic heterocycles. The minimum atomic E-state index is -4.26. The predicted molar refractivity (Wildman–Crippen MR) is 83.8 cm³/mol. The molecule has 1 aromatic rings. The Morgan fingerprint density at radius 1 is 1.27 bits per heavy atom. The lowest BCUT2D eigenvalue weighted by molar-refractivity contribution is -0.182. The van der Waals surface area contributed by atoms with E-state index in [1.165, 1.54) is 0 Å². The first-order valence-electron chi connectivity index (χ1n) is 7.92. The lowest BCUT2D eigenvalue weighted by atomic mass is 9.85. The number of nitrogens with one attached hydrogen (secondary N) is 1. The molecule has 2 rings (SSSR count). The van der Waals surface area contributed by atoms with Gasteiger partial charge in [0, 0.05) is 6.04 Å². The van der Waals surface area contributed by atoms with Crippen molar-refractivity contribution < 1.29 is 31.5 Å². The van der Waals surface area contributed by atoms with Gasteiger partial charge in [0.05, 0.1) is 23.5 Å². The second kappa shape index (κ2) is 7.92. The molecular formula is C15H19F5N4O2. The minimum absolute atomic E-state index is 0.0414. The monoisotopic (exact) mass is 382 g/mol. The summed E-state index contributed by atoms with van der Waals surface area (Å²) in [5, 5.41) is 2.55. The Hall–Kier alpha value is -2.33. The van der Waals surface area contributed by atoms with E-state index in [9.17, 15) is 26.7 Å². The van der Waals surface area contributed by atoms with Crippen molar-refractivity contribution in [1.29, 1.82) is 0 Å². The van der Waals surface area contributed by atoms with E-state index in [-0.39, 0.29) is 42.6 Å². The van der Waals surface area contributed by atoms with Crippen LogP contribution in [0.15, 0.2) is 6.20 Å². The number of nitrogen functional groups attached to an aromatic ring is 2. The molecule has 0 unspecified atom stereocenters. The number of hydrogen-bond acceptors (Lipinski definition) is 5. The molecule has 0 bridgehead atoms. The average molecular weight is 382 g/mol. The molecule has 0 aromatic carbocycles. The first kappa shape index (κ1) is 20.0. The third-order valence-electron chi connectivity index (χ3n) is 4.21. The highest BCUT2D eigenvalue weighted by Gasteiger charge is 2.41. The molecule has 0 saturated heterocycles. The Balaban J connectivity index is 2.08. The van der Waals surface area contributed by atoms with Crippen LogP contribution in [0.1, 0.15) is 36.0 Å². The van der Waals surface area contributed by atoms with E-state index >= 15 is 0 Å². The standard InChI is InChI=1S/C15H19F5N4O2/c16-10(17)6-26-14-11(12(22)9(21)5-23-14)13(25)24-8-3-1-7(2-4-8)15(18,19)20/h5,7-8,10H,1-4,6,21H2,(H2,22,23)(H,24,25)/t7-,8-. The molecule has 1 aliphatic carbocycles. The van der Waals surface area contributed by atoms with Crippen LogP contribution >= 0.6 is 0 Å². The van der Waals surface area contributed by atoms with Crippen LogP contribution in [0.25, 0.3) is 0 Å². The summed E-state index contributed by atoms with van der Waals surface area (Å²) >= 11 is 0. The number of aromatic nitrogens is 1. The van der Waals surface area contributed by atoms with Crippen molar-refractivity contribution in [2.45, 2.75) is 44.3 Å². The number of ether oxygens (including phenoxy) is 1. The minimum Gasteiger partial charge on any atom is -0.471 e. The van der Waals surface area contributed by atoms with Gasteiger partial charge in [-0.05, 0) is 25.7 Å². The first-order chi connectivity index (χ1) is 12.1. The van der Waals surface area contributed by atoms with Crippen LogP contribution in [0.2, 0.25) is 0 Å². The number of carbonyl (C=O) groups is 1. The number of pyridine rings is 1. The summed E-state index contributed by atoms with van der Waals surface area (Å²) < 4.78 is 67.6. The summed E-state index contributed by atoms with van der Waals surface area (Å²) in [5.41, 5.74) is 10.8. The number of nitrogens with zero attached hydrogens (tertiary/aromatic N) is 1. The second-order valence-electron chi connectivity index (χ2n) is 6.07. The number of alkyl halides is 5. The van der Waals surface area contributed by atoms with E-state index in [1.807, 2.05) is 0 Å². The molecule has 0 spiro atoms. The van der Waals surface area contributed by atoms with Crippen LogP contribution in [-0.2, 0) is 0 Å². The number of rotatable bonds is 5. The third-order valence-corrected chi connectivity index (χ3v) is 4.21. The summed E-state index contributed by atoms with van der Waals surface area (Å²) in [6.07, 6.45) is -5.90. The fourth-order valence-corrected chi connectivity index (χ4v) is 2.82. The van der Waals surface area contributed by atoms with E-state index < -0.39 is 43.0 Å². The molecule has 5 N–H and O–H groups in total. The SMILES string of the molecule is Nc1cnc(OCC(F)F)c(C(=O)N[C@H]2CC[C@H](C(F)(F)F)CC2)c1N. The highest BCUT2D eigenvalue weighted by Crippen LogP contribution is 2.37. The van der Waals surface area contributed by atoms with Crippen molar-refractivity contribution in [2.75, 3.05) is 18.1 Å². The molecule has 1 aliphatic rings. The summed E-state index contributed by atoms with van der Waals surface area (Å²) in [7, 11) is 0. The zero-order chi connectivity index (χ0) is 19.5. The van der Waals surface area contributed by atoms with Crippen molar-refractivity contribution in [3.8, 4) is 5.88 Å². The zero-order valence-corrected chi connectivity index (χ0v) is 13.7. The van der Waals surface area contributed by atoms with Gasteiger partial charge in [0.1, 0.15) is 5.56 Å². The molecular weight excluding hydrogens is 363 g/mol. The van der Waals surface area contributed by atoms with Crippen LogP contribution < -0.4 is 21.5 Å². The van der Waals surface area contributed by atoms with Crippen molar-refractivity contribution >= 4 is 17.3 Å². The maximum atomic E-state index is 12.7. The summed E-state index contributed by atoms with van der Waals surface area (Å²) in [5.74, 6) is -2.57. The smallest absolute Gasteiger partial charge is 0.391 e. The van der Waals surface area contributed by atoms with E-state index in [2.05, 4.69) is 10.3 Å². The van der Waals surface area contributed by atoms with E-state index in [1.54, 1.807) is 0 Å². The van der Waals surface area contributed by atoms with Gasteiger partial charge in [-0.2, -0.15) is 13.2 Å². The van der Waals surface area contributed by atoms with Gasteiger partial charge < -0.3 is 21.5 Å². The van der Waals surface area contributed by atoms with Crippen molar-refractivity contribution in [3.63, 3.8) is 0 Å². The van der Waals surface area contributed by atoms with Gasteiger partial charge in [-0.25, -0.2) is 13.8 Å². The second-order valence-corrected chi connectivity index (χ2v) is 6.07. The Bertz CT molecular complexity index is 646. The highest BCUT2D eigenvalue weighted by atomic mass is 19.4. The van der Waals surface area contributed by atoms with Crippen molar-refractivity contribution in [3.05, 3.63) is 11.8 Å². The summed E-state index contributed by atoms with van der Waals surface area (Å²) in [6, 6.07) is -0.495. The van der Waals surface area contributed by atoms with E-state index in [0.29, 0.717) is 0 Å². The van der Waals surface area contributed by atoms with Gasteiger partial charge in [-0.15, -0.1) is 0 Å². The van der Waals surface area contributed by atoms with Gasteiger partial charge in [-0.3, -0.25) is 4.79 Å². The number of anilines is 2. The summed E-state index contributed by atoms with van der Waals surface area (Å²) in [6.45, 7) is -0.993. The topological polar surface area (TPSA) is 103 Å². The number of nitrogens with two attached hydrogens (primary N) is 2. The molecule has 11 heteroatoms. The Morgan fingerprint density at radius 3 is 2.42 bits per heavy atom. The van der Waals surface area contributed by atoms with Gasteiger partial charge >= 0.3 is 6.18 Å². The van der Waals surface area contributed by atoms with Gasteiger partial charge in [0.2, 0.25) is 5.88 Å². The zero-order valence-electron chi connectivity index (χ0n) is 13.7. The lowest BCUT2D eigenvalue weighted by Crippen LogP contribution is -2.40. The predicted octanol–water partition coefficient (Wildman–Crippen LogP) is 2.74. The molecule has 6 nitrogen and oxygen atoms in total. The molecule has 0 atom stereocenters. The fraction of sp³-hybridized carbons (Fsp3) is 0.600. The molecule has 0 aliphatic heterocycles. The molecule has 26 heavy (non-hydrogen) atoms. The third kappa shape index (κ3) is 4.85. The maximum Gasteiger partial charge on any atom is 0.391 e. The quantitative estimate of drug-likeness (QED) is 0.680. The number of amides is 1.